The minimum atomic E-state index is 0.0213. The molecule has 2 heterocycles. The molecule has 148 valence electrons. The minimum Gasteiger partial charge on any atom is -0.464 e. The summed E-state index contributed by atoms with van der Waals surface area (Å²) in [5.41, 5.74) is 2.27. The molecule has 0 unspecified atom stereocenters. The Morgan fingerprint density at radius 1 is 1.21 bits per heavy atom. The number of hydrogen-bond acceptors (Lipinski definition) is 7. The second-order valence-corrected chi connectivity index (χ2v) is 9.03. The van der Waals surface area contributed by atoms with E-state index in [1.54, 1.807) is 11.9 Å². The molecule has 6 nitrogen and oxygen atoms in total. The monoisotopic (exact) mass is 416 g/mol. The van der Waals surface area contributed by atoms with Gasteiger partial charge in [0.15, 0.2) is 4.34 Å². The smallest absolute Gasteiger partial charge is 0.233 e. The number of nitrogens with zero attached hydrogens (tertiary/aromatic N) is 3. The highest BCUT2D eigenvalue weighted by Crippen LogP contribution is 2.28. The van der Waals surface area contributed by atoms with Gasteiger partial charge < -0.3 is 14.6 Å². The Hall–Kier alpha value is -2.32. The molecule has 2 aromatic heterocycles. The molecule has 1 N–H and O–H groups in total. The van der Waals surface area contributed by atoms with Crippen molar-refractivity contribution in [2.24, 2.45) is 0 Å². The zero-order valence-corrected chi connectivity index (χ0v) is 18.1. The summed E-state index contributed by atoms with van der Waals surface area (Å²) in [5, 5.41) is 12.3. The first-order valence-corrected chi connectivity index (χ1v) is 10.8. The topological polar surface area (TPSA) is 71.3 Å². The minimum absolute atomic E-state index is 0.0213. The molecule has 0 aliphatic carbocycles. The van der Waals surface area contributed by atoms with Gasteiger partial charge in [0.25, 0.3) is 0 Å². The summed E-state index contributed by atoms with van der Waals surface area (Å²) in [7, 11) is 1.77. The molecule has 0 fully saturated rings. The van der Waals surface area contributed by atoms with Crippen molar-refractivity contribution in [3.8, 4) is 0 Å². The van der Waals surface area contributed by atoms with Crippen LogP contribution in [0.1, 0.15) is 36.8 Å². The van der Waals surface area contributed by atoms with E-state index in [4.69, 9.17) is 4.42 Å². The van der Waals surface area contributed by atoms with E-state index in [-0.39, 0.29) is 5.91 Å². The van der Waals surface area contributed by atoms with Gasteiger partial charge in [0.2, 0.25) is 11.0 Å². The number of hydrogen-bond donors (Lipinski definition) is 1. The van der Waals surface area contributed by atoms with E-state index >= 15 is 0 Å². The number of furan rings is 1. The normalized spacial score (nSPS) is 11.0. The summed E-state index contributed by atoms with van der Waals surface area (Å²) in [6.07, 6.45) is 0. The molecule has 0 atom stereocenters. The van der Waals surface area contributed by atoms with Crippen molar-refractivity contribution in [2.45, 2.75) is 37.6 Å². The first-order valence-electron chi connectivity index (χ1n) is 9.03. The van der Waals surface area contributed by atoms with Crippen LogP contribution in [-0.4, -0.2) is 33.8 Å². The maximum absolute atomic E-state index is 12.3. The number of amides is 1. The largest absolute Gasteiger partial charge is 0.464 e. The quantitative estimate of drug-likeness (QED) is 0.518. The van der Waals surface area contributed by atoms with Gasteiger partial charge in [-0.25, -0.2) is 0 Å². The van der Waals surface area contributed by atoms with E-state index in [0.717, 1.165) is 21.5 Å². The fourth-order valence-corrected chi connectivity index (χ4v) is 4.23. The van der Waals surface area contributed by atoms with Gasteiger partial charge in [-0.3, -0.25) is 4.79 Å². The highest BCUT2D eigenvalue weighted by molar-refractivity contribution is 8.01. The predicted octanol–water partition coefficient (Wildman–Crippen LogP) is 5.06. The highest BCUT2D eigenvalue weighted by Gasteiger charge is 2.14. The maximum atomic E-state index is 12.3. The molecule has 28 heavy (non-hydrogen) atoms. The first-order chi connectivity index (χ1) is 13.4. The SMILES string of the molecule is Cc1ccc(CN(C)C(=O)CSc2nnc(Nc3ccc(C(C)C)cc3)s2)o1. The third kappa shape index (κ3) is 5.59. The lowest BCUT2D eigenvalue weighted by atomic mass is 10.0. The Morgan fingerprint density at radius 2 is 1.96 bits per heavy atom. The summed E-state index contributed by atoms with van der Waals surface area (Å²) in [6, 6.07) is 12.1. The molecule has 0 aliphatic rings. The van der Waals surface area contributed by atoms with Crippen LogP contribution < -0.4 is 5.32 Å². The van der Waals surface area contributed by atoms with Crippen LogP contribution in [0.3, 0.4) is 0 Å². The van der Waals surface area contributed by atoms with E-state index in [9.17, 15) is 4.79 Å². The highest BCUT2D eigenvalue weighted by atomic mass is 32.2. The number of carbonyl (C=O) groups excluding carboxylic acids is 1. The van der Waals surface area contributed by atoms with Crippen molar-refractivity contribution in [1.82, 2.24) is 15.1 Å². The van der Waals surface area contributed by atoms with Crippen LogP contribution in [-0.2, 0) is 11.3 Å². The summed E-state index contributed by atoms with van der Waals surface area (Å²) >= 11 is 2.83. The van der Waals surface area contributed by atoms with E-state index < -0.39 is 0 Å². The first kappa shape index (κ1) is 20.4. The Kier molecular flexibility index (Phi) is 6.74. The lowest BCUT2D eigenvalue weighted by molar-refractivity contribution is -0.127. The van der Waals surface area contributed by atoms with Crippen molar-refractivity contribution in [2.75, 3.05) is 18.1 Å². The molecule has 0 aliphatic heterocycles. The van der Waals surface area contributed by atoms with Gasteiger partial charge in [-0.15, -0.1) is 10.2 Å². The van der Waals surface area contributed by atoms with Crippen LogP contribution in [0.5, 0.6) is 0 Å². The summed E-state index contributed by atoms with van der Waals surface area (Å²) in [4.78, 5) is 14.0. The average Bonchev–Trinajstić information content (AvgIpc) is 3.28. The Bertz CT molecular complexity index is 918. The molecule has 0 spiro atoms. The fraction of sp³-hybridized carbons (Fsp3) is 0.350. The second-order valence-electron chi connectivity index (χ2n) is 6.83. The van der Waals surface area contributed by atoms with Crippen LogP contribution >= 0.6 is 23.1 Å². The zero-order chi connectivity index (χ0) is 20.1. The summed E-state index contributed by atoms with van der Waals surface area (Å²) in [5.74, 6) is 2.47. The molecular weight excluding hydrogens is 392 g/mol. The van der Waals surface area contributed by atoms with Gasteiger partial charge in [0.1, 0.15) is 11.5 Å². The Balaban J connectivity index is 1.49. The van der Waals surface area contributed by atoms with E-state index in [0.29, 0.717) is 23.3 Å². The standard InChI is InChI=1S/C20H24N4O2S2/c1-13(2)15-6-8-16(9-7-15)21-19-22-23-20(28-19)27-12-18(25)24(4)11-17-10-5-14(3)26-17/h5-10,13H,11-12H2,1-4H3,(H,21,22). The van der Waals surface area contributed by atoms with E-state index in [1.165, 1.54) is 28.7 Å². The number of carbonyl (C=O) groups is 1. The number of benzene rings is 1. The third-order valence-corrected chi connectivity index (χ3v) is 6.13. The number of anilines is 2. The van der Waals surface area contributed by atoms with Gasteiger partial charge in [-0.1, -0.05) is 49.1 Å². The van der Waals surface area contributed by atoms with Crippen LogP contribution in [0, 0.1) is 6.92 Å². The lowest BCUT2D eigenvalue weighted by Gasteiger charge is -2.14. The zero-order valence-electron chi connectivity index (χ0n) is 16.4. The van der Waals surface area contributed by atoms with Crippen molar-refractivity contribution >= 4 is 39.8 Å². The van der Waals surface area contributed by atoms with Gasteiger partial charge >= 0.3 is 0 Å². The average molecular weight is 417 g/mol. The molecule has 0 bridgehead atoms. The molecule has 0 saturated heterocycles. The molecule has 8 heteroatoms. The predicted molar refractivity (Wildman–Crippen MR) is 114 cm³/mol. The van der Waals surface area contributed by atoms with Crippen LogP contribution in [0.4, 0.5) is 10.8 Å². The summed E-state index contributed by atoms with van der Waals surface area (Å²) < 4.78 is 6.28. The number of aromatic nitrogens is 2. The van der Waals surface area contributed by atoms with Crippen molar-refractivity contribution in [3.05, 3.63) is 53.5 Å². The van der Waals surface area contributed by atoms with Crippen LogP contribution in [0.2, 0.25) is 0 Å². The van der Waals surface area contributed by atoms with E-state index in [2.05, 4.69) is 41.5 Å². The Morgan fingerprint density at radius 3 is 2.61 bits per heavy atom. The Labute approximate surface area is 173 Å². The summed E-state index contributed by atoms with van der Waals surface area (Å²) in [6.45, 7) is 6.69. The lowest BCUT2D eigenvalue weighted by Crippen LogP contribution is -2.27. The molecule has 1 aromatic carbocycles. The fourth-order valence-electron chi connectivity index (χ4n) is 2.52. The number of nitrogens with one attached hydrogen (secondary N) is 1. The van der Waals surface area contributed by atoms with E-state index in [1.807, 2.05) is 31.2 Å². The van der Waals surface area contributed by atoms with Gasteiger partial charge in [0.05, 0.1) is 12.3 Å². The van der Waals surface area contributed by atoms with Crippen molar-refractivity contribution < 1.29 is 9.21 Å². The second kappa shape index (κ2) is 9.25. The molecular formula is C20H24N4O2S2. The van der Waals surface area contributed by atoms with Crippen molar-refractivity contribution in [3.63, 3.8) is 0 Å². The molecule has 1 amide bonds. The third-order valence-electron chi connectivity index (χ3n) is 4.17. The van der Waals surface area contributed by atoms with Crippen LogP contribution in [0.15, 0.2) is 45.2 Å². The molecule has 0 saturated carbocycles. The van der Waals surface area contributed by atoms with Gasteiger partial charge in [-0.05, 0) is 42.7 Å². The molecule has 3 aromatic rings. The number of thioether (sulfide) groups is 1. The number of aryl methyl sites for hydroxylation is 1. The van der Waals surface area contributed by atoms with Crippen LogP contribution in [0.25, 0.3) is 0 Å². The molecule has 0 radical (unpaired) electrons. The van der Waals surface area contributed by atoms with Gasteiger partial charge in [-0.2, -0.15) is 0 Å². The molecule has 3 rings (SSSR count). The maximum Gasteiger partial charge on any atom is 0.233 e. The van der Waals surface area contributed by atoms with Crippen molar-refractivity contribution in [1.29, 1.82) is 0 Å². The number of rotatable bonds is 8. The van der Waals surface area contributed by atoms with Gasteiger partial charge in [0, 0.05) is 12.7 Å².